The molecule has 32 heavy (non-hydrogen) atoms. The maximum atomic E-state index is 3.68. The predicted molar refractivity (Wildman–Crippen MR) is 151 cm³/mol. The highest BCUT2D eigenvalue weighted by atomic mass is 127. The normalized spacial score (nSPS) is 16.0. The molecule has 1 nitrogen and oxygen atoms in total. The van der Waals surface area contributed by atoms with Crippen molar-refractivity contribution in [3.63, 3.8) is 0 Å². The summed E-state index contributed by atoms with van der Waals surface area (Å²) in [5.74, 6) is 0.908. The first-order chi connectivity index (χ1) is 15.8. The highest BCUT2D eigenvalue weighted by Gasteiger charge is 2.22. The largest absolute Gasteiger partial charge is 0.358 e. The molecule has 3 rings (SSSR count). The van der Waals surface area contributed by atoms with E-state index in [0.717, 1.165) is 5.92 Å². The van der Waals surface area contributed by atoms with Crippen molar-refractivity contribution >= 4 is 33.5 Å². The molecule has 0 fully saturated rings. The van der Waals surface area contributed by atoms with Gasteiger partial charge in [0.05, 0.1) is 0 Å². The molecule has 1 aliphatic rings. The molecule has 0 amide bonds. The molecule has 1 heterocycles. The van der Waals surface area contributed by atoms with Crippen molar-refractivity contribution in [3.05, 3.63) is 33.0 Å². The fourth-order valence-corrected chi connectivity index (χ4v) is 6.18. The van der Waals surface area contributed by atoms with Crippen LogP contribution in [0.4, 0.5) is 0 Å². The Morgan fingerprint density at radius 3 is 1.94 bits per heavy atom. The highest BCUT2D eigenvalue weighted by Crippen LogP contribution is 2.34. The Kier molecular flexibility index (Phi) is 12.6. The summed E-state index contributed by atoms with van der Waals surface area (Å²) in [5.41, 5.74) is 4.50. The summed E-state index contributed by atoms with van der Waals surface area (Å²) in [7, 11) is 0. The van der Waals surface area contributed by atoms with Crippen LogP contribution in [0, 0.1) is 9.49 Å². The molecule has 0 radical (unpaired) electrons. The number of aromatic amines is 1. The van der Waals surface area contributed by atoms with Gasteiger partial charge in [0.25, 0.3) is 0 Å². The monoisotopic (exact) mass is 549 g/mol. The van der Waals surface area contributed by atoms with Gasteiger partial charge < -0.3 is 4.98 Å². The Balaban J connectivity index is 1.15. The van der Waals surface area contributed by atoms with Gasteiger partial charge in [0.15, 0.2) is 0 Å². The van der Waals surface area contributed by atoms with Crippen molar-refractivity contribution in [3.8, 4) is 0 Å². The maximum absolute atomic E-state index is 3.68. The molecular formula is C30H48IN. The molecule has 1 aliphatic carbocycles. The van der Waals surface area contributed by atoms with Crippen LogP contribution in [0.25, 0.3) is 10.9 Å². The molecule has 2 heteroatoms. The topological polar surface area (TPSA) is 15.8 Å². The van der Waals surface area contributed by atoms with Crippen LogP contribution in [0.1, 0.15) is 134 Å². The van der Waals surface area contributed by atoms with Crippen molar-refractivity contribution < 1.29 is 0 Å². The van der Waals surface area contributed by atoms with Crippen molar-refractivity contribution in [1.29, 1.82) is 0 Å². The highest BCUT2D eigenvalue weighted by molar-refractivity contribution is 14.1. The second-order valence-corrected chi connectivity index (χ2v) is 11.7. The van der Waals surface area contributed by atoms with Crippen molar-refractivity contribution in [2.24, 2.45) is 5.92 Å². The lowest BCUT2D eigenvalue weighted by Gasteiger charge is -2.22. The molecule has 1 atom stereocenters. The lowest BCUT2D eigenvalue weighted by molar-refractivity contribution is 0.403. The van der Waals surface area contributed by atoms with E-state index in [1.807, 2.05) is 0 Å². The van der Waals surface area contributed by atoms with E-state index in [2.05, 4.69) is 52.7 Å². The number of aromatic nitrogens is 1. The van der Waals surface area contributed by atoms with Gasteiger partial charge in [-0.2, -0.15) is 0 Å². The van der Waals surface area contributed by atoms with E-state index in [1.54, 1.807) is 5.56 Å². The molecule has 0 saturated carbocycles. The Bertz CT molecular complexity index is 762. The first kappa shape index (κ1) is 26.1. The van der Waals surface area contributed by atoms with E-state index < -0.39 is 0 Å². The number of fused-ring (bicyclic) bond motifs is 3. The van der Waals surface area contributed by atoms with Gasteiger partial charge in [0.2, 0.25) is 0 Å². The second kappa shape index (κ2) is 15.4. The average Bonchev–Trinajstić information content (AvgIpc) is 3.16. The molecular weight excluding hydrogens is 501 g/mol. The summed E-state index contributed by atoms with van der Waals surface area (Å²) < 4.78 is 1.36. The quantitative estimate of drug-likeness (QED) is 0.149. The first-order valence-electron chi connectivity index (χ1n) is 14.1. The Labute approximate surface area is 212 Å². The summed E-state index contributed by atoms with van der Waals surface area (Å²) in [4.78, 5) is 3.68. The van der Waals surface area contributed by atoms with Gasteiger partial charge in [-0.3, -0.25) is 0 Å². The number of nitrogens with one attached hydrogen (secondary N) is 1. The van der Waals surface area contributed by atoms with Crippen LogP contribution in [0.2, 0.25) is 0 Å². The van der Waals surface area contributed by atoms with Crippen molar-refractivity contribution in [2.75, 3.05) is 0 Å². The van der Waals surface area contributed by atoms with E-state index in [1.165, 1.54) is 149 Å². The van der Waals surface area contributed by atoms with Gasteiger partial charge in [-0.05, 0) is 71.5 Å². The summed E-state index contributed by atoms with van der Waals surface area (Å²) in [6.45, 7) is 2.30. The number of hydrogen-bond donors (Lipinski definition) is 1. The number of rotatable bonds is 17. The Morgan fingerprint density at radius 2 is 1.34 bits per heavy atom. The minimum absolute atomic E-state index is 0.908. The fourth-order valence-electron chi connectivity index (χ4n) is 5.69. The number of H-pyrrole nitrogens is 1. The zero-order valence-corrected chi connectivity index (χ0v) is 23.0. The lowest BCUT2D eigenvalue weighted by atomic mass is 9.83. The summed E-state index contributed by atoms with van der Waals surface area (Å²) in [6.07, 6.45) is 28.7. The van der Waals surface area contributed by atoms with Gasteiger partial charge in [-0.15, -0.1) is 0 Å². The summed E-state index contributed by atoms with van der Waals surface area (Å²) in [5, 5.41) is 1.49. The Morgan fingerprint density at radius 1 is 0.781 bits per heavy atom. The van der Waals surface area contributed by atoms with Crippen LogP contribution >= 0.6 is 22.6 Å². The number of hydrogen-bond acceptors (Lipinski definition) is 0. The van der Waals surface area contributed by atoms with Crippen molar-refractivity contribution in [1.82, 2.24) is 4.98 Å². The van der Waals surface area contributed by atoms with E-state index in [0.29, 0.717) is 0 Å². The molecule has 1 N–H and O–H groups in total. The van der Waals surface area contributed by atoms with Gasteiger partial charge >= 0.3 is 0 Å². The van der Waals surface area contributed by atoms with Gasteiger partial charge in [0, 0.05) is 20.2 Å². The zero-order valence-electron chi connectivity index (χ0n) is 20.8. The molecule has 1 unspecified atom stereocenters. The van der Waals surface area contributed by atoms with Crippen LogP contribution in [-0.2, 0) is 12.8 Å². The Hall–Kier alpha value is -0.510. The minimum Gasteiger partial charge on any atom is -0.358 e. The molecule has 0 aliphatic heterocycles. The minimum atomic E-state index is 0.908. The third kappa shape index (κ3) is 9.03. The van der Waals surface area contributed by atoms with E-state index in [9.17, 15) is 0 Å². The maximum Gasteiger partial charge on any atom is 0.0459 e. The third-order valence-corrected chi connectivity index (χ3v) is 8.39. The van der Waals surface area contributed by atoms with E-state index >= 15 is 0 Å². The molecule has 1 aromatic heterocycles. The molecule has 180 valence electrons. The van der Waals surface area contributed by atoms with Crippen LogP contribution in [0.5, 0.6) is 0 Å². The predicted octanol–water partition coefficient (Wildman–Crippen LogP) is 10.5. The number of aryl methyl sites for hydroxylation is 1. The number of unbranched alkanes of at least 4 members (excludes halogenated alkanes) is 15. The lowest BCUT2D eigenvalue weighted by Crippen LogP contribution is -2.13. The van der Waals surface area contributed by atoms with Gasteiger partial charge in [-0.1, -0.05) is 116 Å². The molecule has 0 bridgehead atoms. The average molecular weight is 550 g/mol. The van der Waals surface area contributed by atoms with E-state index in [-0.39, 0.29) is 0 Å². The van der Waals surface area contributed by atoms with Gasteiger partial charge in [0.1, 0.15) is 0 Å². The van der Waals surface area contributed by atoms with Crippen LogP contribution in [-0.4, -0.2) is 4.98 Å². The second-order valence-electron chi connectivity index (χ2n) is 10.5. The van der Waals surface area contributed by atoms with Crippen LogP contribution in [0.15, 0.2) is 18.2 Å². The smallest absolute Gasteiger partial charge is 0.0459 e. The molecule has 0 spiro atoms. The first-order valence-corrected chi connectivity index (χ1v) is 15.1. The number of halogens is 1. The van der Waals surface area contributed by atoms with Gasteiger partial charge in [-0.25, -0.2) is 0 Å². The zero-order chi connectivity index (χ0) is 22.4. The van der Waals surface area contributed by atoms with Crippen LogP contribution < -0.4 is 0 Å². The molecule has 0 saturated heterocycles. The summed E-state index contributed by atoms with van der Waals surface area (Å²) >= 11 is 2.45. The van der Waals surface area contributed by atoms with Crippen molar-refractivity contribution in [2.45, 2.75) is 135 Å². The number of benzene rings is 1. The molecule has 1 aromatic carbocycles. The standard InChI is InChI=1S/C30H48IN/c1-2-3-4-5-6-7-8-9-10-11-12-13-14-15-16-17-18-25-19-21-29-27(23-25)28-24-26(31)20-22-30(28)32-29/h20,22,24-25,32H,2-19,21,23H2,1H3. The van der Waals surface area contributed by atoms with E-state index in [4.69, 9.17) is 0 Å². The SMILES string of the molecule is CCCCCCCCCCCCCCCCCCC1CCc2[nH]c3ccc(I)cc3c2C1. The molecule has 2 aromatic rings. The summed E-state index contributed by atoms with van der Waals surface area (Å²) in [6, 6.07) is 6.86. The fraction of sp³-hybridized carbons (Fsp3) is 0.733. The van der Waals surface area contributed by atoms with Crippen LogP contribution in [0.3, 0.4) is 0 Å². The third-order valence-electron chi connectivity index (χ3n) is 7.72.